The third-order valence-corrected chi connectivity index (χ3v) is 3.88. The summed E-state index contributed by atoms with van der Waals surface area (Å²) in [5, 5.41) is 8.78. The molecule has 0 aromatic heterocycles. The number of aliphatic carboxylic acids is 1. The van der Waals surface area contributed by atoms with Crippen LogP contribution in [0.5, 0.6) is 0 Å². The minimum atomic E-state index is -3.43. The molecule has 1 amide bonds. The summed E-state index contributed by atoms with van der Waals surface area (Å²) in [6, 6.07) is 0. The van der Waals surface area contributed by atoms with Crippen LogP contribution >= 0.6 is 0 Å². The number of hydrogen-bond acceptors (Lipinski definition) is 5. The van der Waals surface area contributed by atoms with Crippen LogP contribution in [0.3, 0.4) is 0 Å². The lowest BCUT2D eigenvalue weighted by atomic mass is 10.2. The summed E-state index contributed by atoms with van der Waals surface area (Å²) in [6.45, 7) is 0.0302. The molecule has 0 spiro atoms. The van der Waals surface area contributed by atoms with Crippen LogP contribution < -0.4 is 0 Å². The number of carbonyl (C=O) groups is 2. The second-order valence-corrected chi connectivity index (χ2v) is 6.15. The van der Waals surface area contributed by atoms with Crippen molar-refractivity contribution in [2.75, 3.05) is 39.5 Å². The summed E-state index contributed by atoms with van der Waals surface area (Å²) in [5.74, 6) is -1.57. The summed E-state index contributed by atoms with van der Waals surface area (Å²) in [5.41, 5.74) is 0. The van der Waals surface area contributed by atoms with Crippen molar-refractivity contribution in [2.45, 2.75) is 6.10 Å². The zero-order chi connectivity index (χ0) is 13.9. The van der Waals surface area contributed by atoms with Gasteiger partial charge < -0.3 is 14.7 Å². The van der Waals surface area contributed by atoms with Gasteiger partial charge in [0.25, 0.3) is 0 Å². The van der Waals surface area contributed by atoms with Crippen LogP contribution in [-0.4, -0.2) is 80.3 Å². The number of carboxylic acid groups (broad SMARTS) is 1. The molecular weight excluding hydrogens is 264 g/mol. The van der Waals surface area contributed by atoms with Crippen molar-refractivity contribution in [1.82, 2.24) is 9.21 Å². The fourth-order valence-electron chi connectivity index (χ4n) is 1.43. The minimum absolute atomic E-state index is 0.0637. The van der Waals surface area contributed by atoms with Gasteiger partial charge in [0.2, 0.25) is 15.9 Å². The zero-order valence-electron chi connectivity index (χ0n) is 10.2. The molecule has 1 unspecified atom stereocenters. The van der Waals surface area contributed by atoms with Crippen molar-refractivity contribution in [1.29, 1.82) is 0 Å². The molecule has 1 aliphatic rings. The number of carboxylic acids is 1. The van der Waals surface area contributed by atoms with E-state index in [2.05, 4.69) is 0 Å². The molecule has 0 bridgehead atoms. The van der Waals surface area contributed by atoms with E-state index in [9.17, 15) is 18.0 Å². The third-order valence-electron chi connectivity index (χ3n) is 2.62. The van der Waals surface area contributed by atoms with E-state index in [-0.39, 0.29) is 26.2 Å². The summed E-state index contributed by atoms with van der Waals surface area (Å²) in [7, 11) is -2.13. The Labute approximate surface area is 105 Å². The molecule has 1 fully saturated rings. The van der Waals surface area contributed by atoms with Gasteiger partial charge in [0, 0.05) is 13.6 Å². The lowest BCUT2D eigenvalue weighted by molar-refractivity contribution is -0.159. The highest BCUT2D eigenvalue weighted by Crippen LogP contribution is 2.07. The maximum absolute atomic E-state index is 11.8. The van der Waals surface area contributed by atoms with Gasteiger partial charge in [-0.3, -0.25) is 4.79 Å². The molecule has 1 saturated heterocycles. The molecule has 0 aliphatic carbocycles. The Bertz CT molecular complexity index is 434. The lowest BCUT2D eigenvalue weighted by Gasteiger charge is -2.31. The summed E-state index contributed by atoms with van der Waals surface area (Å²) in [4.78, 5) is 23.8. The highest BCUT2D eigenvalue weighted by Gasteiger charge is 2.30. The number of sulfonamides is 1. The monoisotopic (exact) mass is 280 g/mol. The van der Waals surface area contributed by atoms with Gasteiger partial charge in [-0.2, -0.15) is 4.31 Å². The molecule has 1 heterocycles. The Hall–Kier alpha value is -1.19. The van der Waals surface area contributed by atoms with Crippen LogP contribution in [0.15, 0.2) is 0 Å². The third kappa shape index (κ3) is 3.93. The van der Waals surface area contributed by atoms with E-state index in [1.807, 2.05) is 0 Å². The fraction of sp³-hybridized carbons (Fsp3) is 0.778. The smallest absolute Gasteiger partial charge is 0.334 e. The molecule has 18 heavy (non-hydrogen) atoms. The first-order valence-corrected chi connectivity index (χ1v) is 7.10. The first-order valence-electron chi connectivity index (χ1n) is 5.25. The molecule has 9 heteroatoms. The Morgan fingerprint density at radius 2 is 2.11 bits per heavy atom. The highest BCUT2D eigenvalue weighted by atomic mass is 32.2. The second-order valence-electron chi connectivity index (χ2n) is 4.06. The van der Waals surface area contributed by atoms with Gasteiger partial charge >= 0.3 is 5.97 Å². The van der Waals surface area contributed by atoms with Crippen LogP contribution in [0.1, 0.15) is 0 Å². The zero-order valence-corrected chi connectivity index (χ0v) is 11.0. The molecule has 1 rings (SSSR count). The predicted molar refractivity (Wildman–Crippen MR) is 61.4 cm³/mol. The van der Waals surface area contributed by atoms with E-state index < -0.39 is 28.0 Å². The van der Waals surface area contributed by atoms with Gasteiger partial charge in [0.05, 0.1) is 26.0 Å². The van der Waals surface area contributed by atoms with Crippen LogP contribution in [0, 0.1) is 0 Å². The molecule has 0 saturated carbocycles. The quantitative estimate of drug-likeness (QED) is 0.651. The van der Waals surface area contributed by atoms with E-state index in [0.717, 1.165) is 10.6 Å². The van der Waals surface area contributed by atoms with Crippen LogP contribution in [-0.2, 0) is 24.3 Å². The summed E-state index contributed by atoms with van der Waals surface area (Å²) < 4.78 is 28.2. The molecule has 0 radical (unpaired) electrons. The Morgan fingerprint density at radius 3 is 2.61 bits per heavy atom. The molecule has 0 aromatic rings. The number of hydrogen-bond donors (Lipinski definition) is 1. The van der Waals surface area contributed by atoms with Crippen molar-refractivity contribution < 1.29 is 27.9 Å². The SMILES string of the molecule is CN(CC(=O)N1CCOC(C(=O)O)C1)S(C)(=O)=O. The second kappa shape index (κ2) is 5.63. The number of nitrogens with zero attached hydrogens (tertiary/aromatic N) is 2. The predicted octanol–water partition coefficient (Wildman–Crippen LogP) is -1.81. The molecule has 0 aromatic carbocycles. The molecule has 1 atom stereocenters. The molecule has 1 N–H and O–H groups in total. The number of carbonyl (C=O) groups excluding carboxylic acids is 1. The van der Waals surface area contributed by atoms with Crippen LogP contribution in [0.2, 0.25) is 0 Å². The first-order chi connectivity index (χ1) is 8.21. The molecule has 1 aliphatic heterocycles. The molecule has 104 valence electrons. The van der Waals surface area contributed by atoms with Gasteiger partial charge in [0.15, 0.2) is 6.10 Å². The lowest BCUT2D eigenvalue weighted by Crippen LogP contribution is -2.51. The van der Waals surface area contributed by atoms with Gasteiger partial charge in [-0.25, -0.2) is 13.2 Å². The Kier molecular flexibility index (Phi) is 4.65. The van der Waals surface area contributed by atoms with E-state index in [1.165, 1.54) is 11.9 Å². The maximum Gasteiger partial charge on any atom is 0.334 e. The van der Waals surface area contributed by atoms with Gasteiger partial charge in [-0.1, -0.05) is 0 Å². The number of rotatable bonds is 4. The van der Waals surface area contributed by atoms with Gasteiger partial charge in [-0.15, -0.1) is 0 Å². The number of likely N-dealkylation sites (N-methyl/N-ethyl adjacent to an activating group) is 1. The van der Waals surface area contributed by atoms with Crippen molar-refractivity contribution in [2.24, 2.45) is 0 Å². The minimum Gasteiger partial charge on any atom is -0.479 e. The van der Waals surface area contributed by atoms with Crippen molar-refractivity contribution in [3.05, 3.63) is 0 Å². The topological polar surface area (TPSA) is 104 Å². The van der Waals surface area contributed by atoms with Crippen molar-refractivity contribution >= 4 is 21.9 Å². The normalized spacial score (nSPS) is 21.1. The fourth-order valence-corrected chi connectivity index (χ4v) is 1.78. The number of amides is 1. The van der Waals surface area contributed by atoms with Crippen LogP contribution in [0.25, 0.3) is 0 Å². The Morgan fingerprint density at radius 1 is 1.50 bits per heavy atom. The van der Waals surface area contributed by atoms with E-state index in [1.54, 1.807) is 0 Å². The van der Waals surface area contributed by atoms with Gasteiger partial charge in [0.1, 0.15) is 0 Å². The van der Waals surface area contributed by atoms with Crippen molar-refractivity contribution in [3.63, 3.8) is 0 Å². The van der Waals surface area contributed by atoms with E-state index in [4.69, 9.17) is 9.84 Å². The van der Waals surface area contributed by atoms with Crippen molar-refractivity contribution in [3.8, 4) is 0 Å². The average Bonchev–Trinajstić information content (AvgIpc) is 2.27. The summed E-state index contributed by atoms with van der Waals surface area (Å²) >= 11 is 0. The highest BCUT2D eigenvalue weighted by molar-refractivity contribution is 7.88. The van der Waals surface area contributed by atoms with E-state index in [0.29, 0.717) is 0 Å². The number of ether oxygens (including phenoxy) is 1. The Balaban J connectivity index is 2.59. The number of morpholine rings is 1. The van der Waals surface area contributed by atoms with E-state index >= 15 is 0 Å². The van der Waals surface area contributed by atoms with Gasteiger partial charge in [-0.05, 0) is 0 Å². The standard InChI is InChI=1S/C9H16N2O6S/c1-10(18(2,15)16)6-8(12)11-3-4-17-7(5-11)9(13)14/h7H,3-6H2,1-2H3,(H,13,14). The van der Waals surface area contributed by atoms with Crippen LogP contribution in [0.4, 0.5) is 0 Å². The maximum atomic E-state index is 11.8. The first kappa shape index (κ1) is 14.9. The molecular formula is C9H16N2O6S. The average molecular weight is 280 g/mol. The largest absolute Gasteiger partial charge is 0.479 e. The summed E-state index contributed by atoms with van der Waals surface area (Å²) in [6.07, 6.45) is -0.0501. The molecule has 8 nitrogen and oxygen atoms in total.